The molecule has 7 heteroatoms. The molecule has 0 aromatic heterocycles. The molecule has 0 aliphatic heterocycles. The van der Waals surface area contributed by atoms with E-state index in [-0.39, 0.29) is 22.6 Å². The van der Waals surface area contributed by atoms with Crippen molar-refractivity contribution in [3.8, 4) is 5.75 Å². The van der Waals surface area contributed by atoms with Crippen molar-refractivity contribution >= 4 is 29.3 Å². The SMILES string of the molecule is CCC(C)(C)c1ccc(OCCCNC(=O)c2ccc(NNC(=O)CSC)cc2)c(C(C)(C)CC)c1. The zero-order valence-corrected chi connectivity index (χ0v) is 23.7. The van der Waals surface area contributed by atoms with Crippen molar-refractivity contribution < 1.29 is 14.3 Å². The Morgan fingerprint density at radius 3 is 2.22 bits per heavy atom. The maximum Gasteiger partial charge on any atom is 0.251 e. The average Bonchev–Trinajstić information content (AvgIpc) is 2.87. The first kappa shape index (κ1) is 29.6. The number of carbonyl (C=O) groups excluding carboxylic acids is 2. The van der Waals surface area contributed by atoms with E-state index in [1.54, 1.807) is 24.3 Å². The Balaban J connectivity index is 1.88. The van der Waals surface area contributed by atoms with Crippen molar-refractivity contribution in [2.24, 2.45) is 0 Å². The van der Waals surface area contributed by atoms with Gasteiger partial charge in [-0.05, 0) is 72.2 Å². The van der Waals surface area contributed by atoms with Gasteiger partial charge in [0.1, 0.15) is 5.75 Å². The Bertz CT molecular complexity index is 1000. The molecule has 0 heterocycles. The quantitative estimate of drug-likeness (QED) is 0.211. The minimum absolute atomic E-state index is 0.0160. The lowest BCUT2D eigenvalue weighted by Gasteiger charge is -2.30. The van der Waals surface area contributed by atoms with Gasteiger partial charge >= 0.3 is 0 Å². The van der Waals surface area contributed by atoms with Gasteiger partial charge in [0.2, 0.25) is 5.91 Å². The average molecular weight is 514 g/mol. The van der Waals surface area contributed by atoms with Crippen LogP contribution in [0.5, 0.6) is 5.75 Å². The standard InChI is InChI=1S/C29H43N3O3S/c1-8-28(3,4)22-13-16-25(24(19-22)29(5,6)9-2)35-18-10-17-30-27(34)21-11-14-23(15-12-21)31-32-26(33)20-36-7/h11-16,19,31H,8-10,17-18,20H2,1-7H3,(H,30,34)(H,32,33). The van der Waals surface area contributed by atoms with Crippen LogP contribution in [0.3, 0.4) is 0 Å². The summed E-state index contributed by atoms with van der Waals surface area (Å²) in [6.45, 7) is 14.6. The molecule has 2 aromatic carbocycles. The number of nitrogens with one attached hydrogen (secondary N) is 3. The number of ether oxygens (including phenoxy) is 1. The van der Waals surface area contributed by atoms with Crippen LogP contribution in [0.4, 0.5) is 5.69 Å². The summed E-state index contributed by atoms with van der Waals surface area (Å²) in [5.41, 5.74) is 9.46. The highest BCUT2D eigenvalue weighted by Crippen LogP contribution is 2.38. The van der Waals surface area contributed by atoms with Crippen LogP contribution in [0, 0.1) is 0 Å². The first-order valence-corrected chi connectivity index (χ1v) is 14.1. The van der Waals surface area contributed by atoms with Gasteiger partial charge in [0, 0.05) is 17.7 Å². The number of rotatable bonds is 14. The highest BCUT2D eigenvalue weighted by atomic mass is 32.2. The summed E-state index contributed by atoms with van der Waals surface area (Å²) in [7, 11) is 0. The van der Waals surface area contributed by atoms with Gasteiger partial charge in [-0.3, -0.25) is 20.4 Å². The number of benzene rings is 2. The second kappa shape index (κ2) is 13.6. The largest absolute Gasteiger partial charge is 0.493 e. The molecule has 2 amide bonds. The number of hydrogen-bond acceptors (Lipinski definition) is 5. The molecule has 0 unspecified atom stereocenters. The number of thioether (sulfide) groups is 1. The summed E-state index contributed by atoms with van der Waals surface area (Å²) in [4.78, 5) is 24.0. The minimum atomic E-state index is -0.132. The fourth-order valence-corrected chi connectivity index (χ4v) is 3.91. The molecule has 0 aliphatic rings. The fraction of sp³-hybridized carbons (Fsp3) is 0.517. The Kier molecular flexibility index (Phi) is 11.2. The van der Waals surface area contributed by atoms with Crippen LogP contribution in [0.15, 0.2) is 42.5 Å². The van der Waals surface area contributed by atoms with Crippen molar-refractivity contribution in [1.29, 1.82) is 0 Å². The molecule has 0 saturated heterocycles. The number of carbonyl (C=O) groups is 2. The van der Waals surface area contributed by atoms with Gasteiger partial charge in [-0.15, -0.1) is 0 Å². The van der Waals surface area contributed by atoms with Crippen LogP contribution in [0.25, 0.3) is 0 Å². The third-order valence-corrected chi connectivity index (χ3v) is 7.44. The van der Waals surface area contributed by atoms with Gasteiger partial charge < -0.3 is 10.1 Å². The van der Waals surface area contributed by atoms with Crippen LogP contribution in [-0.2, 0) is 15.6 Å². The number of hydrazine groups is 1. The van der Waals surface area contributed by atoms with Crippen molar-refractivity contribution in [1.82, 2.24) is 10.7 Å². The van der Waals surface area contributed by atoms with Crippen molar-refractivity contribution in [2.45, 2.75) is 71.6 Å². The molecule has 0 radical (unpaired) electrons. The molecule has 198 valence electrons. The first-order valence-electron chi connectivity index (χ1n) is 12.7. The molecule has 0 bridgehead atoms. The van der Waals surface area contributed by atoms with E-state index in [1.807, 2.05) is 6.26 Å². The van der Waals surface area contributed by atoms with Crippen LogP contribution in [0.1, 0.15) is 82.3 Å². The molecule has 0 fully saturated rings. The zero-order chi connectivity index (χ0) is 26.8. The molecule has 2 aromatic rings. The highest BCUT2D eigenvalue weighted by Gasteiger charge is 2.26. The summed E-state index contributed by atoms with van der Waals surface area (Å²) in [5, 5.41) is 2.95. The summed E-state index contributed by atoms with van der Waals surface area (Å²) in [5.74, 6) is 1.08. The molecule has 2 rings (SSSR count). The third kappa shape index (κ3) is 8.47. The van der Waals surface area contributed by atoms with Crippen molar-refractivity contribution in [3.63, 3.8) is 0 Å². The molecular weight excluding hydrogens is 470 g/mol. The van der Waals surface area contributed by atoms with E-state index < -0.39 is 0 Å². The maximum atomic E-state index is 12.5. The van der Waals surface area contributed by atoms with E-state index in [4.69, 9.17) is 4.74 Å². The Hall–Kier alpha value is -2.67. The van der Waals surface area contributed by atoms with Gasteiger partial charge in [-0.2, -0.15) is 11.8 Å². The molecule has 6 nitrogen and oxygen atoms in total. The lowest BCUT2D eigenvalue weighted by molar-refractivity contribution is -0.118. The highest BCUT2D eigenvalue weighted by molar-refractivity contribution is 7.99. The summed E-state index contributed by atoms with van der Waals surface area (Å²) < 4.78 is 6.20. The minimum Gasteiger partial charge on any atom is -0.493 e. The van der Waals surface area contributed by atoms with E-state index in [1.165, 1.54) is 22.9 Å². The zero-order valence-electron chi connectivity index (χ0n) is 22.9. The van der Waals surface area contributed by atoms with Crippen LogP contribution in [-0.4, -0.2) is 37.0 Å². The molecule has 0 aliphatic carbocycles. The van der Waals surface area contributed by atoms with Gasteiger partial charge in [0.25, 0.3) is 5.91 Å². The molecule has 36 heavy (non-hydrogen) atoms. The predicted molar refractivity (Wildman–Crippen MR) is 152 cm³/mol. The lowest BCUT2D eigenvalue weighted by atomic mass is 9.76. The molecular formula is C29H43N3O3S. The monoisotopic (exact) mass is 513 g/mol. The second-order valence-corrected chi connectivity index (χ2v) is 11.2. The molecule has 0 saturated carbocycles. The Morgan fingerprint density at radius 2 is 1.61 bits per heavy atom. The fourth-order valence-electron chi connectivity index (χ4n) is 3.57. The summed E-state index contributed by atoms with van der Waals surface area (Å²) >= 11 is 1.45. The summed E-state index contributed by atoms with van der Waals surface area (Å²) in [6, 6.07) is 13.6. The third-order valence-electron chi connectivity index (χ3n) is 6.89. The molecule has 3 N–H and O–H groups in total. The van der Waals surface area contributed by atoms with Crippen LogP contribution in [0.2, 0.25) is 0 Å². The summed E-state index contributed by atoms with van der Waals surface area (Å²) in [6.07, 6.45) is 4.68. The van der Waals surface area contributed by atoms with Gasteiger partial charge in [-0.25, -0.2) is 0 Å². The number of amides is 2. The van der Waals surface area contributed by atoms with E-state index >= 15 is 0 Å². The van der Waals surface area contributed by atoms with Gasteiger partial charge in [-0.1, -0.05) is 53.7 Å². The normalized spacial score (nSPS) is 11.6. The lowest BCUT2D eigenvalue weighted by Crippen LogP contribution is -2.30. The topological polar surface area (TPSA) is 79.5 Å². The molecule has 0 atom stereocenters. The van der Waals surface area contributed by atoms with E-state index in [9.17, 15) is 9.59 Å². The smallest absolute Gasteiger partial charge is 0.251 e. The maximum absolute atomic E-state index is 12.5. The Labute approximate surface area is 221 Å². The van der Waals surface area contributed by atoms with Crippen molar-refractivity contribution in [2.75, 3.05) is 30.6 Å². The van der Waals surface area contributed by atoms with E-state index in [0.717, 1.165) is 18.6 Å². The van der Waals surface area contributed by atoms with E-state index in [2.05, 4.69) is 75.9 Å². The van der Waals surface area contributed by atoms with E-state index in [0.29, 0.717) is 36.6 Å². The van der Waals surface area contributed by atoms with Gasteiger partial charge in [0.05, 0.1) is 18.0 Å². The number of hydrogen-bond donors (Lipinski definition) is 3. The molecule has 0 spiro atoms. The number of anilines is 1. The van der Waals surface area contributed by atoms with Crippen LogP contribution >= 0.6 is 11.8 Å². The second-order valence-electron chi connectivity index (χ2n) is 10.3. The predicted octanol–water partition coefficient (Wildman–Crippen LogP) is 6.07. The Morgan fingerprint density at radius 1 is 0.944 bits per heavy atom. The van der Waals surface area contributed by atoms with Crippen LogP contribution < -0.4 is 20.9 Å². The van der Waals surface area contributed by atoms with Gasteiger partial charge in [0.15, 0.2) is 0 Å². The first-order chi connectivity index (χ1) is 17.0. The van der Waals surface area contributed by atoms with Crippen molar-refractivity contribution in [3.05, 3.63) is 59.2 Å².